The van der Waals surface area contributed by atoms with Gasteiger partial charge >= 0.3 is 5.97 Å². The van der Waals surface area contributed by atoms with Crippen LogP contribution >= 0.6 is 0 Å². The van der Waals surface area contributed by atoms with E-state index in [-0.39, 0.29) is 11.6 Å². The number of nitrogens with zero attached hydrogens (tertiary/aromatic N) is 1. The van der Waals surface area contributed by atoms with E-state index in [1.165, 1.54) is 18.4 Å². The minimum atomic E-state index is -1.08. The molecule has 19 heavy (non-hydrogen) atoms. The van der Waals surface area contributed by atoms with Crippen LogP contribution in [0.15, 0.2) is 34.9 Å². The van der Waals surface area contributed by atoms with E-state index in [9.17, 15) is 9.18 Å². The van der Waals surface area contributed by atoms with Crippen molar-refractivity contribution in [1.82, 2.24) is 0 Å². The molecular formula is C14H12FNO3. The highest BCUT2D eigenvalue weighted by Crippen LogP contribution is 2.30. The maximum Gasteiger partial charge on any atom is 0.372 e. The van der Waals surface area contributed by atoms with E-state index in [1.54, 1.807) is 12.1 Å². The van der Waals surface area contributed by atoms with Crippen molar-refractivity contribution in [2.24, 2.45) is 0 Å². The van der Waals surface area contributed by atoms with Gasteiger partial charge in [-0.3, -0.25) is 0 Å². The molecule has 1 aromatic heterocycles. The van der Waals surface area contributed by atoms with Gasteiger partial charge in [0.2, 0.25) is 5.76 Å². The molecule has 0 atom stereocenters. The summed E-state index contributed by atoms with van der Waals surface area (Å²) in [6.45, 7) is 1.16. The van der Waals surface area contributed by atoms with Gasteiger partial charge in [-0.05, 0) is 30.2 Å². The molecule has 98 valence electrons. The number of carboxylic acids is 1. The van der Waals surface area contributed by atoms with Crippen molar-refractivity contribution in [2.75, 3.05) is 11.4 Å². The summed E-state index contributed by atoms with van der Waals surface area (Å²) < 4.78 is 18.2. The molecule has 0 spiro atoms. The summed E-state index contributed by atoms with van der Waals surface area (Å²) in [6, 6.07) is 6.35. The van der Waals surface area contributed by atoms with Crippen LogP contribution in [0, 0.1) is 5.82 Å². The van der Waals surface area contributed by atoms with Gasteiger partial charge in [0.25, 0.3) is 0 Å². The van der Waals surface area contributed by atoms with Gasteiger partial charge in [0, 0.05) is 24.3 Å². The summed E-state index contributed by atoms with van der Waals surface area (Å²) in [5.41, 5.74) is 2.52. The van der Waals surface area contributed by atoms with Gasteiger partial charge in [0.15, 0.2) is 0 Å². The van der Waals surface area contributed by atoms with E-state index in [4.69, 9.17) is 9.52 Å². The third-order valence-electron chi connectivity index (χ3n) is 3.34. The molecule has 0 saturated heterocycles. The Morgan fingerprint density at radius 2 is 2.26 bits per heavy atom. The van der Waals surface area contributed by atoms with Crippen molar-refractivity contribution in [3.63, 3.8) is 0 Å². The Morgan fingerprint density at radius 1 is 1.42 bits per heavy atom. The fraction of sp³-hybridized carbons (Fsp3) is 0.214. The summed E-state index contributed by atoms with van der Waals surface area (Å²) in [6.07, 6.45) is 2.21. The molecule has 1 N–H and O–H groups in total. The van der Waals surface area contributed by atoms with Gasteiger partial charge in [0.1, 0.15) is 5.82 Å². The summed E-state index contributed by atoms with van der Waals surface area (Å²) in [5, 5.41) is 9.00. The van der Waals surface area contributed by atoms with Crippen molar-refractivity contribution >= 4 is 11.7 Å². The lowest BCUT2D eigenvalue weighted by Gasteiger charge is -2.18. The zero-order chi connectivity index (χ0) is 13.4. The average molecular weight is 261 g/mol. The summed E-state index contributed by atoms with van der Waals surface area (Å²) in [7, 11) is 0. The highest BCUT2D eigenvalue weighted by Gasteiger charge is 2.22. The molecule has 1 aromatic carbocycles. The van der Waals surface area contributed by atoms with Crippen LogP contribution in [0.1, 0.15) is 21.7 Å². The lowest BCUT2D eigenvalue weighted by atomic mass is 10.1. The van der Waals surface area contributed by atoms with Crippen LogP contribution in [0.25, 0.3) is 0 Å². The third kappa shape index (κ3) is 2.07. The molecule has 0 saturated carbocycles. The average Bonchev–Trinajstić information content (AvgIpc) is 2.97. The first-order chi connectivity index (χ1) is 9.15. The van der Waals surface area contributed by atoms with Gasteiger partial charge in [-0.25, -0.2) is 9.18 Å². The largest absolute Gasteiger partial charge is 0.475 e. The van der Waals surface area contributed by atoms with Gasteiger partial charge in [-0.15, -0.1) is 0 Å². The van der Waals surface area contributed by atoms with Crippen LogP contribution in [0.3, 0.4) is 0 Å². The minimum absolute atomic E-state index is 0.0511. The highest BCUT2D eigenvalue weighted by atomic mass is 19.1. The molecule has 1 aliphatic heterocycles. The fourth-order valence-corrected chi connectivity index (χ4v) is 2.44. The smallest absolute Gasteiger partial charge is 0.372 e. The second-order valence-electron chi connectivity index (χ2n) is 4.52. The topological polar surface area (TPSA) is 53.7 Å². The number of anilines is 1. The lowest BCUT2D eigenvalue weighted by molar-refractivity contribution is 0.0661. The maximum atomic E-state index is 13.3. The summed E-state index contributed by atoms with van der Waals surface area (Å²) in [5.74, 6) is -1.42. The fourth-order valence-electron chi connectivity index (χ4n) is 2.44. The van der Waals surface area contributed by atoms with E-state index < -0.39 is 5.97 Å². The molecule has 1 aliphatic rings. The summed E-state index contributed by atoms with van der Waals surface area (Å²) >= 11 is 0. The Bertz CT molecular complexity index is 635. The zero-order valence-electron chi connectivity index (χ0n) is 10.1. The van der Waals surface area contributed by atoms with Gasteiger partial charge < -0.3 is 14.4 Å². The van der Waals surface area contributed by atoms with Crippen molar-refractivity contribution in [2.45, 2.75) is 13.0 Å². The molecule has 2 aromatic rings. The molecule has 2 heterocycles. The molecule has 5 heteroatoms. The number of benzene rings is 1. The molecule has 0 unspecified atom stereocenters. The predicted molar refractivity (Wildman–Crippen MR) is 66.8 cm³/mol. The Labute approximate surface area is 109 Å². The molecule has 0 fully saturated rings. The molecule has 0 aliphatic carbocycles. The number of carbonyl (C=O) groups is 1. The molecular weight excluding hydrogens is 249 g/mol. The van der Waals surface area contributed by atoms with Gasteiger partial charge in [0.05, 0.1) is 6.26 Å². The molecule has 3 rings (SSSR count). The SMILES string of the molecule is O=C(O)c1occc1CN1CCc2ccc(F)cc21. The van der Waals surface area contributed by atoms with Crippen molar-refractivity contribution in [3.8, 4) is 0 Å². The van der Waals surface area contributed by atoms with E-state index in [0.717, 1.165) is 24.2 Å². The Morgan fingerprint density at radius 3 is 3.05 bits per heavy atom. The van der Waals surface area contributed by atoms with Gasteiger partial charge in [-0.2, -0.15) is 0 Å². The van der Waals surface area contributed by atoms with Crippen LogP contribution in [0.5, 0.6) is 0 Å². The van der Waals surface area contributed by atoms with Gasteiger partial charge in [-0.1, -0.05) is 6.07 Å². The standard InChI is InChI=1S/C14H12FNO3/c15-11-2-1-9-3-5-16(12(9)7-11)8-10-4-6-19-13(10)14(17)18/h1-2,4,6-7H,3,5,8H2,(H,17,18). The maximum absolute atomic E-state index is 13.3. The van der Waals surface area contributed by atoms with E-state index in [1.807, 2.05) is 4.90 Å². The monoisotopic (exact) mass is 261 g/mol. The number of fused-ring (bicyclic) bond motifs is 1. The first-order valence-electron chi connectivity index (χ1n) is 5.98. The number of aromatic carboxylic acids is 1. The van der Waals surface area contributed by atoms with Crippen LogP contribution in [0.4, 0.5) is 10.1 Å². The summed E-state index contributed by atoms with van der Waals surface area (Å²) in [4.78, 5) is 13.0. The van der Waals surface area contributed by atoms with Crippen LogP contribution in [-0.4, -0.2) is 17.6 Å². The quantitative estimate of drug-likeness (QED) is 0.922. The molecule has 0 radical (unpaired) electrons. The van der Waals surface area contributed by atoms with Crippen LogP contribution < -0.4 is 4.90 Å². The Hall–Kier alpha value is -2.30. The number of carboxylic acid groups (broad SMARTS) is 1. The first-order valence-corrected chi connectivity index (χ1v) is 5.98. The first kappa shape index (κ1) is 11.8. The Kier molecular flexibility index (Phi) is 2.74. The minimum Gasteiger partial charge on any atom is -0.475 e. The molecule has 0 bridgehead atoms. The van der Waals surface area contributed by atoms with Crippen molar-refractivity contribution in [3.05, 3.63) is 53.2 Å². The molecule has 4 nitrogen and oxygen atoms in total. The van der Waals surface area contributed by atoms with Crippen LogP contribution in [-0.2, 0) is 13.0 Å². The second-order valence-corrected chi connectivity index (χ2v) is 4.52. The van der Waals surface area contributed by atoms with Crippen molar-refractivity contribution in [1.29, 1.82) is 0 Å². The number of halogens is 1. The number of hydrogen-bond donors (Lipinski definition) is 1. The van der Waals surface area contributed by atoms with E-state index in [2.05, 4.69) is 0 Å². The van der Waals surface area contributed by atoms with Crippen LogP contribution in [0.2, 0.25) is 0 Å². The van der Waals surface area contributed by atoms with Crippen molar-refractivity contribution < 1.29 is 18.7 Å². The van der Waals surface area contributed by atoms with E-state index in [0.29, 0.717) is 12.1 Å². The third-order valence-corrected chi connectivity index (χ3v) is 3.34. The lowest BCUT2D eigenvalue weighted by Crippen LogP contribution is -2.20. The predicted octanol–water partition coefficient (Wildman–Crippen LogP) is 2.68. The normalized spacial score (nSPS) is 13.6. The highest BCUT2D eigenvalue weighted by molar-refractivity contribution is 5.86. The second kappa shape index (κ2) is 4.42. The number of hydrogen-bond acceptors (Lipinski definition) is 3. The number of furan rings is 1. The number of rotatable bonds is 3. The molecule has 0 amide bonds. The zero-order valence-corrected chi connectivity index (χ0v) is 10.1. The Balaban J connectivity index is 1.88. The van der Waals surface area contributed by atoms with E-state index >= 15 is 0 Å².